The van der Waals surface area contributed by atoms with Crippen LogP contribution in [0.3, 0.4) is 0 Å². The summed E-state index contributed by atoms with van der Waals surface area (Å²) in [5.74, 6) is 1.65. The Kier molecular flexibility index (Phi) is 5.67. The first-order valence-corrected chi connectivity index (χ1v) is 11.5. The topological polar surface area (TPSA) is 85.2 Å². The quantitative estimate of drug-likeness (QED) is 0.317. The fraction of sp³-hybridized carbons (Fsp3) is 0.348. The highest BCUT2D eigenvalue weighted by Crippen LogP contribution is 2.39. The maximum absolute atomic E-state index is 12.9. The highest BCUT2D eigenvalue weighted by atomic mass is 32.1. The molecule has 2 aliphatic heterocycles. The minimum absolute atomic E-state index is 0.0125. The lowest BCUT2D eigenvalue weighted by Gasteiger charge is -2.37. The van der Waals surface area contributed by atoms with Gasteiger partial charge in [0.25, 0.3) is 5.69 Å². The number of para-hydroxylation sites is 1. The number of hydrogen-bond acceptors (Lipinski definition) is 8. The minimum Gasteiger partial charge on any atom is -0.486 e. The summed E-state index contributed by atoms with van der Waals surface area (Å²) in [5, 5.41) is 13.6. The van der Waals surface area contributed by atoms with E-state index in [1.54, 1.807) is 6.07 Å². The van der Waals surface area contributed by atoms with E-state index in [-0.39, 0.29) is 11.5 Å². The van der Waals surface area contributed by atoms with Crippen LogP contribution in [0.5, 0.6) is 11.5 Å². The monoisotopic (exact) mass is 453 g/mol. The van der Waals surface area contributed by atoms with Crippen LogP contribution in [0.15, 0.2) is 41.8 Å². The second kappa shape index (κ2) is 8.76. The molecule has 2 aliphatic rings. The molecule has 0 aliphatic carbocycles. The van der Waals surface area contributed by atoms with Gasteiger partial charge in [0.2, 0.25) is 0 Å². The van der Waals surface area contributed by atoms with E-state index in [1.807, 2.05) is 17.5 Å². The van der Waals surface area contributed by atoms with Crippen LogP contribution >= 0.6 is 11.3 Å². The number of nitro benzene ring substituents is 1. The molecule has 32 heavy (non-hydrogen) atoms. The number of non-ortho nitro benzene ring substituents is 1. The summed E-state index contributed by atoms with van der Waals surface area (Å²) in [5.41, 5.74) is 1.66. The zero-order valence-electron chi connectivity index (χ0n) is 17.5. The number of fused-ring (bicyclic) bond motifs is 2. The molecule has 0 bridgehead atoms. The van der Waals surface area contributed by atoms with Crippen molar-refractivity contribution in [1.82, 2.24) is 4.90 Å². The van der Waals surface area contributed by atoms with E-state index in [9.17, 15) is 14.9 Å². The SMILES string of the molecule is O=C(CCN1CCN(c2cccc3c2OCCO3)CC1)c1csc2ccc([N+](=O)[O-])cc12. The summed E-state index contributed by atoms with van der Waals surface area (Å²) in [7, 11) is 0. The second-order valence-corrected chi connectivity index (χ2v) is 8.80. The maximum atomic E-state index is 12.9. The molecule has 0 N–H and O–H groups in total. The lowest BCUT2D eigenvalue weighted by molar-refractivity contribution is -0.384. The molecule has 0 spiro atoms. The molecule has 0 amide bonds. The van der Waals surface area contributed by atoms with Crippen molar-refractivity contribution in [3.63, 3.8) is 0 Å². The van der Waals surface area contributed by atoms with Gasteiger partial charge in [0.1, 0.15) is 13.2 Å². The molecule has 1 fully saturated rings. The Balaban J connectivity index is 1.20. The molecule has 0 radical (unpaired) electrons. The molecule has 9 heteroatoms. The first-order valence-electron chi connectivity index (χ1n) is 10.6. The van der Waals surface area contributed by atoms with Gasteiger partial charge < -0.3 is 14.4 Å². The summed E-state index contributed by atoms with van der Waals surface area (Å²) in [6, 6.07) is 10.7. The molecule has 5 rings (SSSR count). The van der Waals surface area contributed by atoms with Crippen molar-refractivity contribution >= 4 is 38.6 Å². The Labute approximate surface area is 189 Å². The number of carbonyl (C=O) groups is 1. The standard InChI is InChI=1S/C23H23N3O5S/c27-20(18-15-32-22-5-4-16(26(28)29)14-17(18)22)6-7-24-8-10-25(11-9-24)19-2-1-3-21-23(19)31-13-12-30-21/h1-5,14-15H,6-13H2. The van der Waals surface area contributed by atoms with E-state index in [4.69, 9.17) is 9.47 Å². The molecule has 0 saturated carbocycles. The number of piperazine rings is 1. The van der Waals surface area contributed by atoms with Crippen LogP contribution in [0.2, 0.25) is 0 Å². The van der Waals surface area contributed by atoms with Gasteiger partial charge in [-0.3, -0.25) is 19.8 Å². The Bertz CT molecular complexity index is 1170. The number of ketones is 1. The Hall–Kier alpha value is -3.17. The van der Waals surface area contributed by atoms with Crippen LogP contribution in [0.1, 0.15) is 16.8 Å². The number of rotatable bonds is 6. The number of nitro groups is 1. The van der Waals surface area contributed by atoms with E-state index >= 15 is 0 Å². The van der Waals surface area contributed by atoms with E-state index in [0.717, 1.165) is 48.1 Å². The average Bonchev–Trinajstić information content (AvgIpc) is 3.26. The van der Waals surface area contributed by atoms with Crippen molar-refractivity contribution in [3.8, 4) is 11.5 Å². The number of thiophene rings is 1. The van der Waals surface area contributed by atoms with Crippen LogP contribution in [0.4, 0.5) is 11.4 Å². The van der Waals surface area contributed by atoms with Crippen LogP contribution < -0.4 is 14.4 Å². The number of anilines is 1. The van der Waals surface area contributed by atoms with Gasteiger partial charge in [-0.2, -0.15) is 0 Å². The Morgan fingerprint density at radius 3 is 2.72 bits per heavy atom. The van der Waals surface area contributed by atoms with E-state index in [1.165, 1.54) is 23.5 Å². The molecule has 8 nitrogen and oxygen atoms in total. The molecule has 3 aromatic rings. The lowest BCUT2D eigenvalue weighted by Crippen LogP contribution is -2.47. The number of carbonyl (C=O) groups excluding carboxylic acids is 1. The zero-order chi connectivity index (χ0) is 22.1. The van der Waals surface area contributed by atoms with Gasteiger partial charge in [-0.05, 0) is 18.2 Å². The van der Waals surface area contributed by atoms with Crippen molar-refractivity contribution < 1.29 is 19.2 Å². The molecule has 3 heterocycles. The zero-order valence-corrected chi connectivity index (χ0v) is 18.3. The predicted molar refractivity (Wildman–Crippen MR) is 124 cm³/mol. The fourth-order valence-corrected chi connectivity index (χ4v) is 5.21. The van der Waals surface area contributed by atoms with Crippen molar-refractivity contribution in [1.29, 1.82) is 0 Å². The first-order chi connectivity index (χ1) is 15.6. The number of hydrogen-bond donors (Lipinski definition) is 0. The molecule has 0 unspecified atom stereocenters. The Morgan fingerprint density at radius 2 is 1.91 bits per heavy atom. The molecule has 166 valence electrons. The molecule has 2 aromatic carbocycles. The van der Waals surface area contributed by atoms with E-state index in [0.29, 0.717) is 37.1 Å². The highest BCUT2D eigenvalue weighted by molar-refractivity contribution is 7.17. The normalized spacial score (nSPS) is 16.3. The number of ether oxygens (including phenoxy) is 2. The average molecular weight is 454 g/mol. The molecule has 0 atom stereocenters. The molecule has 1 saturated heterocycles. The van der Waals surface area contributed by atoms with Gasteiger partial charge in [-0.1, -0.05) is 6.07 Å². The van der Waals surface area contributed by atoms with E-state index in [2.05, 4.69) is 15.9 Å². The smallest absolute Gasteiger partial charge is 0.270 e. The summed E-state index contributed by atoms with van der Waals surface area (Å²) < 4.78 is 12.4. The molecular weight excluding hydrogens is 430 g/mol. The van der Waals surface area contributed by atoms with Crippen LogP contribution in [-0.2, 0) is 0 Å². The van der Waals surface area contributed by atoms with Crippen molar-refractivity contribution in [2.75, 3.05) is 50.8 Å². The summed E-state index contributed by atoms with van der Waals surface area (Å²) in [4.78, 5) is 28.1. The third-order valence-electron chi connectivity index (χ3n) is 5.98. The minimum atomic E-state index is -0.425. The van der Waals surface area contributed by atoms with Crippen LogP contribution in [0.25, 0.3) is 10.1 Å². The van der Waals surface area contributed by atoms with E-state index < -0.39 is 4.92 Å². The fourth-order valence-electron chi connectivity index (χ4n) is 4.26. The predicted octanol–water partition coefficient (Wildman–Crippen LogP) is 3.98. The van der Waals surface area contributed by atoms with Gasteiger partial charge in [0.15, 0.2) is 17.3 Å². The van der Waals surface area contributed by atoms with Crippen molar-refractivity contribution in [2.45, 2.75) is 6.42 Å². The highest BCUT2D eigenvalue weighted by Gasteiger charge is 2.24. The van der Waals surface area contributed by atoms with Gasteiger partial charge in [-0.25, -0.2) is 0 Å². The van der Waals surface area contributed by atoms with Crippen LogP contribution in [-0.4, -0.2) is 61.5 Å². The third-order valence-corrected chi connectivity index (χ3v) is 6.95. The summed E-state index contributed by atoms with van der Waals surface area (Å²) >= 11 is 1.45. The van der Waals surface area contributed by atoms with Gasteiger partial charge >= 0.3 is 0 Å². The number of nitrogens with zero attached hydrogens (tertiary/aromatic N) is 3. The van der Waals surface area contributed by atoms with Crippen molar-refractivity contribution in [3.05, 3.63) is 57.5 Å². The van der Waals surface area contributed by atoms with Gasteiger partial charge in [0.05, 0.1) is 10.6 Å². The number of Topliss-reactive ketones (excluding diaryl/α,β-unsaturated/α-hetero) is 1. The summed E-state index contributed by atoms with van der Waals surface area (Å²) in [6.45, 7) is 5.22. The first kappa shape index (κ1) is 20.7. The molecular formula is C23H23N3O5S. The lowest BCUT2D eigenvalue weighted by atomic mass is 10.1. The Morgan fingerprint density at radius 1 is 1.09 bits per heavy atom. The second-order valence-electron chi connectivity index (χ2n) is 7.89. The van der Waals surface area contributed by atoms with Gasteiger partial charge in [-0.15, -0.1) is 11.3 Å². The van der Waals surface area contributed by atoms with Gasteiger partial charge in [0, 0.05) is 72.3 Å². The number of benzene rings is 2. The third kappa shape index (κ3) is 4.01. The largest absolute Gasteiger partial charge is 0.486 e. The van der Waals surface area contributed by atoms with Crippen LogP contribution in [0, 0.1) is 10.1 Å². The summed E-state index contributed by atoms with van der Waals surface area (Å²) in [6.07, 6.45) is 0.395. The van der Waals surface area contributed by atoms with Crippen molar-refractivity contribution in [2.24, 2.45) is 0 Å². The molecule has 1 aromatic heterocycles. The maximum Gasteiger partial charge on any atom is 0.270 e.